The van der Waals surface area contributed by atoms with E-state index in [-0.39, 0.29) is 26.1 Å². The van der Waals surface area contributed by atoms with Crippen LogP contribution >= 0.6 is 7.82 Å². The third-order valence-electron chi connectivity index (χ3n) is 8.08. The van der Waals surface area contributed by atoms with E-state index in [2.05, 4.69) is 54.8 Å². The average Bonchev–Trinajstić information content (AvgIpc) is 3.12. The first-order valence-electron chi connectivity index (χ1n) is 19.1. The molecule has 4 atom stereocenters. The van der Waals surface area contributed by atoms with Gasteiger partial charge in [-0.2, -0.15) is 0 Å². The topological polar surface area (TPSA) is 169 Å². The number of carbonyl (C=O) groups is 2. The van der Waals surface area contributed by atoms with Gasteiger partial charge in [-0.25, -0.2) is 4.57 Å². The van der Waals surface area contributed by atoms with Gasteiger partial charge >= 0.3 is 19.8 Å². The van der Waals surface area contributed by atoms with E-state index in [1.807, 2.05) is 12.2 Å². The van der Waals surface area contributed by atoms with Crippen molar-refractivity contribution in [2.45, 2.75) is 148 Å². The van der Waals surface area contributed by atoms with Crippen LogP contribution in [0.4, 0.5) is 0 Å². The monoisotopic (exact) mass is 744 g/mol. The van der Waals surface area contributed by atoms with E-state index in [4.69, 9.17) is 24.2 Å². The number of phosphoric acid groups is 1. The highest BCUT2D eigenvalue weighted by molar-refractivity contribution is 7.47. The number of hydrogen-bond donors (Lipinski definition) is 4. The lowest BCUT2D eigenvalue weighted by Crippen LogP contribution is -2.29. The van der Waals surface area contributed by atoms with E-state index >= 15 is 0 Å². The Bertz CT molecular complexity index is 1010. The number of rotatable bonds is 35. The van der Waals surface area contributed by atoms with Crippen molar-refractivity contribution in [2.75, 3.05) is 33.0 Å². The van der Waals surface area contributed by atoms with Crippen molar-refractivity contribution in [3.63, 3.8) is 0 Å². The highest BCUT2D eigenvalue weighted by atomic mass is 31.2. The van der Waals surface area contributed by atoms with Crippen molar-refractivity contribution in [3.05, 3.63) is 48.6 Å². The molecule has 2 unspecified atom stereocenters. The van der Waals surface area contributed by atoms with Crippen molar-refractivity contribution >= 4 is 19.8 Å². The molecule has 0 saturated carbocycles. The molecular formula is C39H69O11P. The second-order valence-electron chi connectivity index (χ2n) is 12.9. The number of esters is 2. The molecule has 0 aromatic carbocycles. The molecule has 0 aromatic rings. The molecule has 296 valence electrons. The number of ether oxygens (including phenoxy) is 2. The Morgan fingerprint density at radius 1 is 0.667 bits per heavy atom. The zero-order valence-electron chi connectivity index (χ0n) is 31.4. The van der Waals surface area contributed by atoms with Gasteiger partial charge in [0.05, 0.1) is 19.8 Å². The summed E-state index contributed by atoms with van der Waals surface area (Å²) in [7, 11) is -4.63. The number of allylic oxidation sites excluding steroid dienone is 8. The van der Waals surface area contributed by atoms with Crippen LogP contribution in [0.5, 0.6) is 0 Å². The number of unbranched alkanes of at least 4 members (excludes halogenated alkanes) is 9. The zero-order valence-corrected chi connectivity index (χ0v) is 32.3. The summed E-state index contributed by atoms with van der Waals surface area (Å²) in [4.78, 5) is 34.8. The fourth-order valence-corrected chi connectivity index (χ4v) is 5.49. The molecule has 0 aliphatic rings. The van der Waals surface area contributed by atoms with E-state index in [9.17, 15) is 24.2 Å². The summed E-state index contributed by atoms with van der Waals surface area (Å²) in [6.45, 7) is 2.55. The second kappa shape index (κ2) is 34.9. The third-order valence-corrected chi connectivity index (χ3v) is 9.03. The van der Waals surface area contributed by atoms with E-state index in [1.54, 1.807) is 0 Å². The Hall–Kier alpha value is -2.11. The van der Waals surface area contributed by atoms with Crippen molar-refractivity contribution in [2.24, 2.45) is 5.92 Å². The summed E-state index contributed by atoms with van der Waals surface area (Å²) in [6.07, 6.45) is 31.2. The van der Waals surface area contributed by atoms with Crippen molar-refractivity contribution in [3.8, 4) is 0 Å². The first-order valence-corrected chi connectivity index (χ1v) is 20.6. The Labute approximate surface area is 307 Å². The Morgan fingerprint density at radius 3 is 1.80 bits per heavy atom. The predicted octanol–water partition coefficient (Wildman–Crippen LogP) is 8.21. The van der Waals surface area contributed by atoms with Gasteiger partial charge in [-0.05, 0) is 63.7 Å². The van der Waals surface area contributed by atoms with Gasteiger partial charge in [0, 0.05) is 19.4 Å². The van der Waals surface area contributed by atoms with Crippen molar-refractivity contribution in [1.82, 2.24) is 0 Å². The lowest BCUT2D eigenvalue weighted by molar-refractivity contribution is -0.161. The SMILES string of the molecule is CCC(C)CCCCCCCCC(=O)OC[C@H](COP(=O)(O)OC[C@@H](O)CO)OC(=O)CCC/C=C\C/C=C\C/C=C\C/C=C\CCCCCO. The molecule has 4 N–H and O–H groups in total. The van der Waals surface area contributed by atoms with Gasteiger partial charge in [-0.1, -0.05) is 114 Å². The average molecular weight is 745 g/mol. The molecule has 0 aliphatic carbocycles. The molecule has 0 bridgehead atoms. The van der Waals surface area contributed by atoms with Gasteiger partial charge < -0.3 is 29.7 Å². The molecule has 0 spiro atoms. The smallest absolute Gasteiger partial charge is 0.462 e. The maximum atomic E-state index is 12.5. The quantitative estimate of drug-likeness (QED) is 0.0214. The summed E-state index contributed by atoms with van der Waals surface area (Å²) < 4.78 is 32.5. The minimum absolute atomic E-state index is 0.0971. The summed E-state index contributed by atoms with van der Waals surface area (Å²) in [5, 5.41) is 27.0. The van der Waals surface area contributed by atoms with Gasteiger partial charge in [0.2, 0.25) is 0 Å². The van der Waals surface area contributed by atoms with Gasteiger partial charge in [-0.15, -0.1) is 0 Å². The van der Waals surface area contributed by atoms with Crippen LogP contribution in [0.3, 0.4) is 0 Å². The molecule has 0 aliphatic heterocycles. The predicted molar refractivity (Wildman–Crippen MR) is 202 cm³/mol. The third kappa shape index (κ3) is 34.7. The van der Waals surface area contributed by atoms with Crippen LogP contribution < -0.4 is 0 Å². The molecule has 0 fully saturated rings. The lowest BCUT2D eigenvalue weighted by Gasteiger charge is -2.20. The van der Waals surface area contributed by atoms with Gasteiger partial charge in [-0.3, -0.25) is 18.6 Å². The number of carbonyl (C=O) groups excluding carboxylic acids is 2. The van der Waals surface area contributed by atoms with Gasteiger partial charge in [0.15, 0.2) is 6.10 Å². The number of aliphatic hydroxyl groups excluding tert-OH is 3. The first-order chi connectivity index (χ1) is 24.6. The summed E-state index contributed by atoms with van der Waals surface area (Å²) in [6, 6.07) is 0. The summed E-state index contributed by atoms with van der Waals surface area (Å²) >= 11 is 0. The molecule has 11 nitrogen and oxygen atoms in total. The minimum atomic E-state index is -4.63. The molecule has 0 saturated heterocycles. The minimum Gasteiger partial charge on any atom is -0.462 e. The fourth-order valence-electron chi connectivity index (χ4n) is 4.70. The molecule has 0 heterocycles. The molecule has 12 heteroatoms. The lowest BCUT2D eigenvalue weighted by atomic mass is 10.00. The van der Waals surface area contributed by atoms with Crippen molar-refractivity contribution < 1.29 is 52.9 Å². The van der Waals surface area contributed by atoms with Crippen molar-refractivity contribution in [1.29, 1.82) is 0 Å². The normalized spacial score (nSPS) is 15.2. The largest absolute Gasteiger partial charge is 0.472 e. The number of phosphoric ester groups is 1. The Kier molecular flexibility index (Phi) is 33.5. The van der Waals surface area contributed by atoms with Crippen LogP contribution in [0.1, 0.15) is 136 Å². The molecule has 0 amide bonds. The van der Waals surface area contributed by atoms with Gasteiger partial charge in [0.25, 0.3) is 0 Å². The Morgan fingerprint density at radius 2 is 1.20 bits per heavy atom. The van der Waals surface area contributed by atoms with Crippen LogP contribution in [-0.2, 0) is 32.7 Å². The van der Waals surface area contributed by atoms with Crippen LogP contribution in [0, 0.1) is 5.92 Å². The summed E-state index contributed by atoms with van der Waals surface area (Å²) in [5.74, 6) is -0.248. The van der Waals surface area contributed by atoms with E-state index < -0.39 is 51.8 Å². The number of hydrogen-bond acceptors (Lipinski definition) is 10. The molecule has 51 heavy (non-hydrogen) atoms. The van der Waals surface area contributed by atoms with Crippen LogP contribution in [0.25, 0.3) is 0 Å². The molecular weight excluding hydrogens is 675 g/mol. The van der Waals surface area contributed by atoms with E-state index in [0.717, 1.165) is 70.1 Å². The second-order valence-corrected chi connectivity index (χ2v) is 14.4. The van der Waals surface area contributed by atoms with Crippen LogP contribution in [-0.4, -0.2) is 77.4 Å². The molecule has 0 radical (unpaired) electrons. The summed E-state index contributed by atoms with van der Waals surface area (Å²) in [5.41, 5.74) is 0. The Balaban J connectivity index is 4.48. The van der Waals surface area contributed by atoms with Crippen LogP contribution in [0.2, 0.25) is 0 Å². The maximum absolute atomic E-state index is 12.5. The maximum Gasteiger partial charge on any atom is 0.472 e. The highest BCUT2D eigenvalue weighted by Crippen LogP contribution is 2.43. The van der Waals surface area contributed by atoms with Gasteiger partial charge in [0.1, 0.15) is 12.7 Å². The highest BCUT2D eigenvalue weighted by Gasteiger charge is 2.27. The first kappa shape index (κ1) is 48.9. The van der Waals surface area contributed by atoms with E-state index in [0.29, 0.717) is 19.3 Å². The fraction of sp³-hybridized carbons (Fsp3) is 0.744. The molecule has 0 aromatic heterocycles. The van der Waals surface area contributed by atoms with E-state index in [1.165, 1.54) is 25.7 Å². The van der Waals surface area contributed by atoms with Crippen LogP contribution in [0.15, 0.2) is 48.6 Å². The standard InChI is InChI=1S/C39H69O11P/c1-3-35(2)27-23-19-16-17-20-24-28-38(43)47-33-37(34-49-51(45,46)48-32-36(42)31-41)50-39(44)29-25-21-15-13-11-9-7-5-4-6-8-10-12-14-18-22-26-30-40/h4,6-7,9-10,12-13,15,35-37,40-42H,3,5,8,11,14,16-34H2,1-2H3,(H,45,46)/b6-4-,9-7-,12-10-,15-13-/t35?,36-,37+/m0/s1. The number of aliphatic hydroxyl groups is 3. The zero-order chi connectivity index (χ0) is 37.8. The molecule has 0 rings (SSSR count).